The molecule has 0 aromatic rings. The van der Waals surface area contributed by atoms with Gasteiger partial charge in [-0.25, -0.2) is 0 Å². The van der Waals surface area contributed by atoms with Gasteiger partial charge in [-0.2, -0.15) is 0 Å². The highest BCUT2D eigenvalue weighted by atomic mass is 16.8. The number of carbonyl (C=O) groups is 7. The number of unbranched alkanes of at least 4 members (excludes halogenated alkanes) is 70. The summed E-state index contributed by atoms with van der Waals surface area (Å²) in [7, 11) is 0. The van der Waals surface area contributed by atoms with Crippen LogP contribution in [0.5, 0.6) is 0 Å². The van der Waals surface area contributed by atoms with E-state index in [9.17, 15) is 29.1 Å². The molecule has 2 aliphatic heterocycles. The normalized spacial score (nSPS) is 18.7. The summed E-state index contributed by atoms with van der Waals surface area (Å²) < 4.78 is 66.3. The van der Waals surface area contributed by atoms with Gasteiger partial charge in [0.25, 0.3) is 0 Å². The summed E-state index contributed by atoms with van der Waals surface area (Å²) in [5, 5.41) is 12.5. The van der Waals surface area contributed by atoms with Crippen molar-refractivity contribution in [1.82, 2.24) is 0 Å². The third-order valence-electron chi connectivity index (χ3n) is 26.5. The second-order valence-corrected chi connectivity index (χ2v) is 38.8. The molecule has 0 aromatic heterocycles. The van der Waals surface area contributed by atoms with Crippen LogP contribution in [0.2, 0.25) is 0 Å². The van der Waals surface area contributed by atoms with Crippen LogP contribution in [-0.2, 0) is 80.9 Å². The van der Waals surface area contributed by atoms with Crippen LogP contribution in [-0.4, -0.2) is 122 Å². The van der Waals surface area contributed by atoms with Crippen LogP contribution in [0.4, 0.5) is 0 Å². The Labute approximate surface area is 786 Å². The van der Waals surface area contributed by atoms with Crippen molar-refractivity contribution in [3.8, 4) is 0 Å². The molecule has 2 fully saturated rings. The molecule has 2 heterocycles. The molecule has 1 N–H and O–H groups in total. The molecular weight excluding hydrogens is 1610 g/mol. The summed E-state index contributed by atoms with van der Waals surface area (Å²) in [6.07, 6.45) is 66.2. The molecule has 752 valence electrons. The zero-order chi connectivity index (χ0) is 92.7. The van der Waals surface area contributed by atoms with E-state index in [0.717, 1.165) is 193 Å². The number of aliphatic hydroxyl groups is 1. The Balaban J connectivity index is 2.98. The lowest BCUT2D eigenvalue weighted by molar-refractivity contribution is -0.357. The van der Waals surface area contributed by atoms with Crippen LogP contribution < -0.4 is 0 Å². The Bertz CT molecular complexity index is 2530. The summed E-state index contributed by atoms with van der Waals surface area (Å²) in [4.78, 5) is 103. The quantitative estimate of drug-likeness (QED) is 0.0339. The minimum atomic E-state index is -1.93. The van der Waals surface area contributed by atoms with Gasteiger partial charge in [-0.05, 0) is 44.9 Å². The first-order chi connectivity index (χ1) is 62.8. The third-order valence-corrected chi connectivity index (χ3v) is 26.5. The van der Waals surface area contributed by atoms with Crippen LogP contribution in [0.25, 0.3) is 0 Å². The Morgan fingerprint density at radius 2 is 0.352 bits per heavy atom. The number of rotatable bonds is 95. The van der Waals surface area contributed by atoms with E-state index in [-0.39, 0.29) is 44.9 Å². The van der Waals surface area contributed by atoms with Gasteiger partial charge in [-0.15, -0.1) is 0 Å². The lowest BCUT2D eigenvalue weighted by Crippen LogP contribution is -2.67. The molecule has 10 atom stereocenters. The van der Waals surface area contributed by atoms with E-state index in [2.05, 4.69) is 48.5 Å². The smallest absolute Gasteiger partial charge is 0.306 e. The van der Waals surface area contributed by atoms with Crippen LogP contribution in [0, 0.1) is 0 Å². The van der Waals surface area contributed by atoms with Gasteiger partial charge in [0, 0.05) is 44.9 Å². The second kappa shape index (κ2) is 89.6. The van der Waals surface area contributed by atoms with E-state index >= 15 is 9.59 Å². The maximum absolute atomic E-state index is 15.1. The average Bonchev–Trinajstić information content (AvgIpc) is 0.765. The van der Waals surface area contributed by atoms with Crippen LogP contribution in [0.1, 0.15) is 588 Å². The summed E-state index contributed by atoms with van der Waals surface area (Å²) in [6, 6.07) is 0. The number of aliphatic hydroxyl groups excluding tert-OH is 1. The van der Waals surface area contributed by atoms with Gasteiger partial charge in [0.1, 0.15) is 31.5 Å². The molecule has 0 bridgehead atoms. The van der Waals surface area contributed by atoms with E-state index in [1.165, 1.54) is 257 Å². The molecular formula is C110H204O18. The molecule has 128 heavy (non-hydrogen) atoms. The van der Waals surface area contributed by atoms with Gasteiger partial charge in [0.05, 0.1) is 0 Å². The highest BCUT2D eigenvalue weighted by Crippen LogP contribution is 2.37. The van der Waals surface area contributed by atoms with Crippen molar-refractivity contribution in [2.75, 3.05) is 13.2 Å². The lowest BCUT2D eigenvalue weighted by atomic mass is 9.95. The summed E-state index contributed by atoms with van der Waals surface area (Å²) in [6.45, 7) is 14.6. The highest BCUT2D eigenvalue weighted by molar-refractivity contribution is 5.73. The van der Waals surface area contributed by atoms with Crippen molar-refractivity contribution in [2.45, 2.75) is 649 Å². The summed E-state index contributed by atoms with van der Waals surface area (Å²) in [5.41, 5.74) is 0. The van der Waals surface area contributed by atoms with E-state index in [0.29, 0.717) is 44.9 Å². The molecule has 18 nitrogen and oxygen atoms in total. The first-order valence-corrected chi connectivity index (χ1v) is 55.7. The lowest BCUT2D eigenvalue weighted by Gasteiger charge is -2.48. The molecule has 2 saturated heterocycles. The monoisotopic (exact) mass is 1810 g/mol. The first-order valence-electron chi connectivity index (χ1n) is 55.7. The molecule has 18 heteroatoms. The van der Waals surface area contributed by atoms with Gasteiger partial charge in [0.2, 0.25) is 0 Å². The van der Waals surface area contributed by atoms with Crippen molar-refractivity contribution < 1.29 is 86.0 Å². The van der Waals surface area contributed by atoms with Gasteiger partial charge in [-0.3, -0.25) is 33.6 Å². The molecule has 0 spiro atoms. The Morgan fingerprint density at radius 1 is 0.188 bits per heavy atom. The van der Waals surface area contributed by atoms with Crippen LogP contribution >= 0.6 is 0 Å². The molecule has 2 aliphatic rings. The number of esters is 7. The number of hydrogen-bond acceptors (Lipinski definition) is 18. The van der Waals surface area contributed by atoms with Crippen molar-refractivity contribution in [1.29, 1.82) is 0 Å². The van der Waals surface area contributed by atoms with Gasteiger partial charge in [-0.1, -0.05) is 498 Å². The average molecular weight is 1810 g/mol. The van der Waals surface area contributed by atoms with Crippen molar-refractivity contribution >= 4 is 41.8 Å². The van der Waals surface area contributed by atoms with Gasteiger partial charge in [0.15, 0.2) is 43.1 Å². The van der Waals surface area contributed by atoms with E-state index < -0.39 is 116 Å². The highest BCUT2D eigenvalue weighted by Gasteiger charge is 2.58. The molecule has 2 rings (SSSR count). The van der Waals surface area contributed by atoms with Crippen molar-refractivity contribution in [3.63, 3.8) is 0 Å². The summed E-state index contributed by atoms with van der Waals surface area (Å²) in [5.74, 6) is -4.25. The molecule has 0 amide bonds. The molecule has 0 unspecified atom stereocenters. The largest absolute Gasteiger partial charge is 0.463 e. The fraction of sp³-hybridized carbons (Fsp3) is 0.936. The SMILES string of the molecule is CCCCCCCCCCCCCC(=O)OC[C@H]1O[C@@H](O)[C@H](OC(=O)CCCCCCCCCCCCC)[C@@H](OC(=O)CCCCCCCCCCCCC)[C@@H]1O[C@H]1O[C@H](COC(=O)CCCCCCCCCCCCC)[C@@H](OC(=O)CCCCCCCCCCCCC)[C@H](OC(=O)CCCCCCCCCCCCC)[C@H]1OC(=O)CCCCCCCCCCCCC. The van der Waals surface area contributed by atoms with Gasteiger partial charge >= 0.3 is 41.8 Å². The minimum absolute atomic E-state index is 0.000593. The molecule has 0 aliphatic carbocycles. The molecule has 0 aromatic carbocycles. The predicted octanol–water partition coefficient (Wildman–Crippen LogP) is 31.4. The predicted molar refractivity (Wildman–Crippen MR) is 523 cm³/mol. The van der Waals surface area contributed by atoms with E-state index in [1.807, 2.05) is 0 Å². The molecule has 0 radical (unpaired) electrons. The Morgan fingerprint density at radius 3 is 0.570 bits per heavy atom. The maximum Gasteiger partial charge on any atom is 0.306 e. The zero-order valence-corrected chi connectivity index (χ0v) is 84.5. The van der Waals surface area contributed by atoms with Crippen molar-refractivity contribution in [2.24, 2.45) is 0 Å². The fourth-order valence-corrected chi connectivity index (χ4v) is 18.2. The fourth-order valence-electron chi connectivity index (χ4n) is 18.2. The number of ether oxygens (including phenoxy) is 10. The Kier molecular flexibility index (Phi) is 84.2. The minimum Gasteiger partial charge on any atom is -0.463 e. The zero-order valence-electron chi connectivity index (χ0n) is 84.5. The number of carbonyl (C=O) groups excluding carboxylic acids is 7. The van der Waals surface area contributed by atoms with Crippen LogP contribution in [0.3, 0.4) is 0 Å². The molecule has 0 saturated carbocycles. The van der Waals surface area contributed by atoms with E-state index in [4.69, 9.17) is 47.4 Å². The standard InChI is InChI=1S/C110H204O18/c1-8-15-22-29-36-43-50-57-64-71-78-85-96(111)119-92-94-104(105(124-99(114)88-81-74-67-60-53-46-39-32-25-18-11-4)107(109(118)121-94)126-101(116)90-83-76-69-62-55-48-41-34-27-20-13-6)128-110-108(127-102(117)91-84-77-70-63-56-49-42-35-28-21-14-7)106(125-100(115)89-82-75-68-61-54-47-40-33-26-19-12-5)103(123-98(113)87-80-73-66-59-52-45-38-31-24-17-10-3)95(122-110)93-120-97(112)86-79-72-65-58-51-44-37-30-23-16-9-2/h94-95,103-110,118H,8-93H2,1-7H3/t94-,95-,103-,104-,105+,106+,107-,108-,109-,110-/m1/s1. The van der Waals surface area contributed by atoms with E-state index in [1.54, 1.807) is 0 Å². The maximum atomic E-state index is 15.1. The summed E-state index contributed by atoms with van der Waals surface area (Å²) >= 11 is 0. The van der Waals surface area contributed by atoms with Gasteiger partial charge < -0.3 is 52.5 Å². The number of hydrogen-bond donors (Lipinski definition) is 1. The Hall–Kier alpha value is -3.87. The topological polar surface area (TPSA) is 232 Å². The first kappa shape index (κ1) is 120. The third kappa shape index (κ3) is 69.0. The second-order valence-electron chi connectivity index (χ2n) is 38.8. The van der Waals surface area contributed by atoms with Crippen molar-refractivity contribution in [3.05, 3.63) is 0 Å². The van der Waals surface area contributed by atoms with Crippen LogP contribution in [0.15, 0.2) is 0 Å².